The summed E-state index contributed by atoms with van der Waals surface area (Å²) in [5, 5.41) is 0. The van der Waals surface area contributed by atoms with Gasteiger partial charge < -0.3 is 14.7 Å². The Morgan fingerprint density at radius 3 is 2.33 bits per heavy atom. The highest BCUT2D eigenvalue weighted by atomic mass is 32.2. The van der Waals surface area contributed by atoms with Crippen LogP contribution in [0.2, 0.25) is 0 Å². The van der Waals surface area contributed by atoms with Crippen LogP contribution in [0.25, 0.3) is 0 Å². The normalized spacial score (nSPS) is 22.3. The number of piperidine rings is 1. The third-order valence-corrected chi connectivity index (χ3v) is 5.53. The van der Waals surface area contributed by atoms with E-state index in [2.05, 4.69) is 4.90 Å². The maximum atomic E-state index is 12.2. The zero-order valence-corrected chi connectivity index (χ0v) is 13.9. The summed E-state index contributed by atoms with van der Waals surface area (Å²) in [5.74, 6) is 0.267. The second-order valence-corrected chi connectivity index (χ2v) is 8.37. The Labute approximate surface area is 128 Å². The van der Waals surface area contributed by atoms with E-state index in [0.29, 0.717) is 12.5 Å². The van der Waals surface area contributed by atoms with Crippen LogP contribution in [0.5, 0.6) is 0 Å². The van der Waals surface area contributed by atoms with Crippen LogP contribution in [0.4, 0.5) is 4.79 Å². The first-order valence-electron chi connectivity index (χ1n) is 7.86. The van der Waals surface area contributed by atoms with Gasteiger partial charge in [-0.05, 0) is 32.7 Å². The van der Waals surface area contributed by atoms with E-state index in [4.69, 9.17) is 0 Å². The second kappa shape index (κ2) is 6.96. The average molecular weight is 317 g/mol. The van der Waals surface area contributed by atoms with E-state index in [1.165, 1.54) is 6.26 Å². The molecule has 0 bridgehead atoms. The molecule has 0 aliphatic carbocycles. The molecule has 2 fully saturated rings. The lowest BCUT2D eigenvalue weighted by molar-refractivity contribution is 0.130. The van der Waals surface area contributed by atoms with Crippen LogP contribution < -0.4 is 0 Å². The third kappa shape index (κ3) is 4.57. The molecular weight excluding hydrogens is 290 g/mol. The fourth-order valence-corrected chi connectivity index (χ4v) is 3.89. The number of sulfone groups is 1. The molecule has 0 aromatic rings. The summed E-state index contributed by atoms with van der Waals surface area (Å²) < 4.78 is 22.3. The summed E-state index contributed by atoms with van der Waals surface area (Å²) in [6.07, 6.45) is 4.00. The minimum absolute atomic E-state index is 0.188. The van der Waals surface area contributed by atoms with Gasteiger partial charge in [0.2, 0.25) is 0 Å². The molecule has 0 atom stereocenters. The van der Waals surface area contributed by atoms with E-state index >= 15 is 0 Å². The van der Waals surface area contributed by atoms with E-state index in [0.717, 1.165) is 52.1 Å². The lowest BCUT2D eigenvalue weighted by Crippen LogP contribution is -2.46. The summed E-state index contributed by atoms with van der Waals surface area (Å²) in [6.45, 7) is 7.28. The van der Waals surface area contributed by atoms with E-state index in [1.807, 2.05) is 16.7 Å². The van der Waals surface area contributed by atoms with Crippen LogP contribution in [0, 0.1) is 0 Å². The first kappa shape index (κ1) is 16.5. The molecule has 2 amide bonds. The van der Waals surface area contributed by atoms with Crippen molar-refractivity contribution in [2.24, 2.45) is 0 Å². The fraction of sp³-hybridized carbons (Fsp3) is 0.929. The molecule has 0 aromatic heterocycles. The SMILES string of the molecule is CCN1CCN(C2CCN(CCCS(C)(=O)=O)CC2)C1=O. The average Bonchev–Trinajstić information content (AvgIpc) is 2.79. The molecule has 0 N–H and O–H groups in total. The van der Waals surface area contributed by atoms with Crippen molar-refractivity contribution in [3.05, 3.63) is 0 Å². The van der Waals surface area contributed by atoms with Crippen LogP contribution in [0.3, 0.4) is 0 Å². The van der Waals surface area contributed by atoms with Crippen molar-refractivity contribution in [3.8, 4) is 0 Å². The van der Waals surface area contributed by atoms with Gasteiger partial charge in [-0.25, -0.2) is 13.2 Å². The molecule has 2 aliphatic rings. The molecule has 0 aromatic carbocycles. The zero-order chi connectivity index (χ0) is 15.5. The molecule has 2 saturated heterocycles. The van der Waals surface area contributed by atoms with Crippen molar-refractivity contribution in [1.82, 2.24) is 14.7 Å². The first-order chi connectivity index (χ1) is 9.90. The predicted octanol–water partition coefficient (Wildman–Crippen LogP) is 0.643. The number of amides is 2. The largest absolute Gasteiger partial charge is 0.323 e. The summed E-state index contributed by atoms with van der Waals surface area (Å²) in [6, 6.07) is 0.549. The Morgan fingerprint density at radius 2 is 1.81 bits per heavy atom. The van der Waals surface area contributed by atoms with Crippen molar-refractivity contribution >= 4 is 15.9 Å². The smallest absolute Gasteiger partial charge is 0.320 e. The summed E-state index contributed by atoms with van der Waals surface area (Å²) in [7, 11) is -2.85. The van der Waals surface area contributed by atoms with E-state index in [-0.39, 0.29) is 11.8 Å². The van der Waals surface area contributed by atoms with E-state index < -0.39 is 9.84 Å². The molecule has 2 rings (SSSR count). The van der Waals surface area contributed by atoms with Gasteiger partial charge in [0.1, 0.15) is 9.84 Å². The highest BCUT2D eigenvalue weighted by molar-refractivity contribution is 7.90. The number of hydrogen-bond donors (Lipinski definition) is 0. The Balaban J connectivity index is 1.72. The number of likely N-dealkylation sites (tertiary alicyclic amines) is 1. The zero-order valence-electron chi connectivity index (χ0n) is 13.1. The van der Waals surface area contributed by atoms with Crippen molar-refractivity contribution in [2.45, 2.75) is 32.2 Å². The maximum Gasteiger partial charge on any atom is 0.320 e. The molecule has 2 aliphatic heterocycles. The Kier molecular flexibility index (Phi) is 5.48. The summed E-state index contributed by atoms with van der Waals surface area (Å²) >= 11 is 0. The van der Waals surface area contributed by atoms with E-state index in [9.17, 15) is 13.2 Å². The predicted molar refractivity (Wildman–Crippen MR) is 83.1 cm³/mol. The van der Waals surface area contributed by atoms with Crippen molar-refractivity contribution in [1.29, 1.82) is 0 Å². The highest BCUT2D eigenvalue weighted by Gasteiger charge is 2.34. The van der Waals surface area contributed by atoms with Gasteiger partial charge in [0, 0.05) is 45.0 Å². The molecule has 2 heterocycles. The number of likely N-dealkylation sites (N-methyl/N-ethyl adjacent to an activating group) is 1. The van der Waals surface area contributed by atoms with Gasteiger partial charge in [0.05, 0.1) is 5.75 Å². The van der Waals surface area contributed by atoms with Crippen LogP contribution >= 0.6 is 0 Å². The van der Waals surface area contributed by atoms with Crippen LogP contribution in [0.15, 0.2) is 0 Å². The maximum absolute atomic E-state index is 12.2. The molecule has 7 heteroatoms. The Morgan fingerprint density at radius 1 is 1.14 bits per heavy atom. The fourth-order valence-electron chi connectivity index (χ4n) is 3.24. The lowest BCUT2D eigenvalue weighted by Gasteiger charge is -2.36. The molecule has 0 spiro atoms. The van der Waals surface area contributed by atoms with E-state index in [1.54, 1.807) is 0 Å². The van der Waals surface area contributed by atoms with Gasteiger partial charge in [-0.2, -0.15) is 0 Å². The van der Waals surface area contributed by atoms with Crippen molar-refractivity contribution in [2.75, 3.05) is 51.3 Å². The van der Waals surface area contributed by atoms with Crippen molar-refractivity contribution < 1.29 is 13.2 Å². The number of nitrogens with zero attached hydrogens (tertiary/aromatic N) is 3. The van der Waals surface area contributed by atoms with Gasteiger partial charge in [-0.15, -0.1) is 0 Å². The molecular formula is C14H27N3O3S. The highest BCUT2D eigenvalue weighted by Crippen LogP contribution is 2.21. The second-order valence-electron chi connectivity index (χ2n) is 6.11. The van der Waals surface area contributed by atoms with Gasteiger partial charge in [-0.1, -0.05) is 0 Å². The Bertz CT molecular complexity index is 458. The number of carbonyl (C=O) groups excluding carboxylic acids is 1. The van der Waals surface area contributed by atoms with Gasteiger partial charge in [0.25, 0.3) is 0 Å². The molecule has 122 valence electrons. The topological polar surface area (TPSA) is 60.9 Å². The summed E-state index contributed by atoms with van der Waals surface area (Å²) in [5.41, 5.74) is 0. The quantitative estimate of drug-likeness (QED) is 0.721. The monoisotopic (exact) mass is 317 g/mol. The molecule has 0 radical (unpaired) electrons. The molecule has 6 nitrogen and oxygen atoms in total. The lowest BCUT2D eigenvalue weighted by atomic mass is 10.0. The van der Waals surface area contributed by atoms with Crippen LogP contribution in [-0.2, 0) is 9.84 Å². The Hall–Kier alpha value is -0.820. The molecule has 0 unspecified atom stereocenters. The first-order valence-corrected chi connectivity index (χ1v) is 9.92. The van der Waals surface area contributed by atoms with Crippen LogP contribution in [0.1, 0.15) is 26.2 Å². The molecule has 21 heavy (non-hydrogen) atoms. The number of rotatable bonds is 6. The minimum Gasteiger partial charge on any atom is -0.323 e. The summed E-state index contributed by atoms with van der Waals surface area (Å²) in [4.78, 5) is 18.4. The van der Waals surface area contributed by atoms with Gasteiger partial charge >= 0.3 is 6.03 Å². The molecule has 0 saturated carbocycles. The third-order valence-electron chi connectivity index (χ3n) is 4.50. The number of carbonyl (C=O) groups is 1. The van der Waals surface area contributed by atoms with Crippen LogP contribution in [-0.4, -0.2) is 86.5 Å². The number of hydrogen-bond acceptors (Lipinski definition) is 4. The van der Waals surface area contributed by atoms with Crippen molar-refractivity contribution in [3.63, 3.8) is 0 Å². The minimum atomic E-state index is -2.85. The standard InChI is InChI=1S/C14H27N3O3S/c1-3-16-10-11-17(14(16)18)13-5-8-15(9-6-13)7-4-12-21(2,19)20/h13H,3-12H2,1-2H3. The van der Waals surface area contributed by atoms with Gasteiger partial charge in [-0.3, -0.25) is 0 Å². The van der Waals surface area contributed by atoms with Gasteiger partial charge in [0.15, 0.2) is 0 Å². The number of urea groups is 1.